The van der Waals surface area contributed by atoms with E-state index in [1.165, 1.54) is 44.9 Å². The van der Waals surface area contributed by atoms with Gasteiger partial charge in [0.1, 0.15) is 5.78 Å². The third-order valence-corrected chi connectivity index (χ3v) is 6.74. The molecule has 0 radical (unpaired) electrons. The van der Waals surface area contributed by atoms with E-state index in [9.17, 15) is 4.79 Å². The molecule has 5 fully saturated rings. The molecule has 0 saturated heterocycles. The van der Waals surface area contributed by atoms with Crippen molar-refractivity contribution >= 4 is 5.78 Å². The zero-order valence-corrected chi connectivity index (χ0v) is 11.7. The van der Waals surface area contributed by atoms with Crippen LogP contribution in [0.4, 0.5) is 0 Å². The van der Waals surface area contributed by atoms with Crippen molar-refractivity contribution in [3.05, 3.63) is 0 Å². The fraction of sp³-hybridized carbons (Fsp3) is 0.941. The fourth-order valence-electron chi connectivity index (χ4n) is 6.74. The van der Waals surface area contributed by atoms with Crippen LogP contribution in [-0.2, 0) is 4.79 Å². The van der Waals surface area contributed by atoms with E-state index in [-0.39, 0.29) is 0 Å². The van der Waals surface area contributed by atoms with Crippen molar-refractivity contribution in [2.45, 2.75) is 64.7 Å². The second kappa shape index (κ2) is 3.84. The van der Waals surface area contributed by atoms with Crippen LogP contribution in [0.2, 0.25) is 0 Å². The van der Waals surface area contributed by atoms with Crippen molar-refractivity contribution in [3.63, 3.8) is 0 Å². The van der Waals surface area contributed by atoms with Crippen LogP contribution in [0.5, 0.6) is 0 Å². The van der Waals surface area contributed by atoms with Gasteiger partial charge in [-0.3, -0.25) is 4.79 Å². The van der Waals surface area contributed by atoms with Gasteiger partial charge in [-0.25, -0.2) is 0 Å². The van der Waals surface area contributed by atoms with Crippen LogP contribution in [0.1, 0.15) is 64.7 Å². The molecule has 4 bridgehead atoms. The van der Waals surface area contributed by atoms with Crippen molar-refractivity contribution in [3.8, 4) is 0 Å². The largest absolute Gasteiger partial charge is 0.299 e. The van der Waals surface area contributed by atoms with Gasteiger partial charge < -0.3 is 0 Å². The molecule has 0 amide bonds. The van der Waals surface area contributed by atoms with Gasteiger partial charge in [0.25, 0.3) is 0 Å². The molecule has 1 heteroatoms. The van der Waals surface area contributed by atoms with E-state index in [0.717, 1.165) is 30.6 Å². The van der Waals surface area contributed by atoms with Gasteiger partial charge in [-0.2, -0.15) is 0 Å². The summed E-state index contributed by atoms with van der Waals surface area (Å²) in [5.41, 5.74) is 0.464. The summed E-state index contributed by atoms with van der Waals surface area (Å²) >= 11 is 0. The first-order chi connectivity index (χ1) is 8.66. The highest BCUT2D eigenvalue weighted by Gasteiger charge is 2.56. The molecule has 0 spiro atoms. The van der Waals surface area contributed by atoms with Crippen LogP contribution in [-0.4, -0.2) is 5.78 Å². The minimum atomic E-state index is 0.444. The molecule has 0 aliphatic heterocycles. The maximum absolute atomic E-state index is 12.5. The van der Waals surface area contributed by atoms with Crippen molar-refractivity contribution in [2.75, 3.05) is 0 Å². The van der Waals surface area contributed by atoms with Crippen LogP contribution in [0.15, 0.2) is 0 Å². The molecular weight excluding hydrogens is 220 g/mol. The Hall–Kier alpha value is -0.330. The number of carbonyl (C=O) groups excluding carboxylic acids is 1. The average molecular weight is 246 g/mol. The monoisotopic (exact) mass is 246 g/mol. The van der Waals surface area contributed by atoms with Gasteiger partial charge in [0.2, 0.25) is 0 Å². The predicted molar refractivity (Wildman–Crippen MR) is 72.1 cm³/mol. The molecule has 5 rings (SSSR count). The molecule has 0 heterocycles. The van der Waals surface area contributed by atoms with Crippen LogP contribution in [0, 0.1) is 35.0 Å². The van der Waals surface area contributed by atoms with E-state index in [1.54, 1.807) is 0 Å². The highest BCUT2D eigenvalue weighted by Crippen LogP contribution is 2.64. The highest BCUT2D eigenvalue weighted by atomic mass is 16.1. The molecule has 0 unspecified atom stereocenters. The number of Topliss-reactive ketones (excluding diaryl/α,β-unsaturated/α-hetero) is 1. The number of ketones is 1. The predicted octanol–water partition coefficient (Wildman–Crippen LogP) is 4.21. The first kappa shape index (κ1) is 11.5. The molecule has 2 atom stereocenters. The standard InChI is InChI=1S/C17H26O/c1-11-3-2-4-15(18)16(11)17-8-12-5-13(9-17)7-14(6-12)10-17/h11-14,16H,2-10H2,1H3/t11-,12?,13?,14?,16+,17?/m1/s1. The Morgan fingerprint density at radius 1 is 1.00 bits per heavy atom. The lowest BCUT2D eigenvalue weighted by Crippen LogP contribution is -2.53. The van der Waals surface area contributed by atoms with Crippen LogP contribution in [0.25, 0.3) is 0 Å². The van der Waals surface area contributed by atoms with E-state index in [1.807, 2.05) is 0 Å². The van der Waals surface area contributed by atoms with Gasteiger partial charge in [-0.15, -0.1) is 0 Å². The summed E-state index contributed by atoms with van der Waals surface area (Å²) in [5, 5.41) is 0. The number of rotatable bonds is 1. The summed E-state index contributed by atoms with van der Waals surface area (Å²) in [6, 6.07) is 0. The maximum Gasteiger partial charge on any atom is 0.136 e. The Kier molecular flexibility index (Phi) is 2.45. The lowest BCUT2D eigenvalue weighted by atomic mass is 9.44. The van der Waals surface area contributed by atoms with E-state index in [2.05, 4.69) is 6.92 Å². The molecule has 0 aromatic carbocycles. The third-order valence-electron chi connectivity index (χ3n) is 6.74. The van der Waals surface area contributed by atoms with Gasteiger partial charge in [0, 0.05) is 12.3 Å². The van der Waals surface area contributed by atoms with Gasteiger partial charge in [-0.05, 0) is 80.5 Å². The van der Waals surface area contributed by atoms with Crippen molar-refractivity contribution in [2.24, 2.45) is 35.0 Å². The summed E-state index contributed by atoms with van der Waals surface area (Å²) in [6.45, 7) is 2.36. The lowest BCUT2D eigenvalue weighted by Gasteiger charge is -2.60. The second-order valence-electron chi connectivity index (χ2n) is 8.09. The van der Waals surface area contributed by atoms with Crippen LogP contribution in [0.3, 0.4) is 0 Å². The Labute approximate surface area is 111 Å². The average Bonchev–Trinajstić information content (AvgIpc) is 2.26. The summed E-state index contributed by atoms with van der Waals surface area (Å²) in [5.74, 6) is 4.70. The number of carbonyl (C=O) groups is 1. The summed E-state index contributed by atoms with van der Waals surface area (Å²) in [4.78, 5) is 12.5. The molecule has 18 heavy (non-hydrogen) atoms. The zero-order valence-electron chi connectivity index (χ0n) is 11.7. The summed E-state index contributed by atoms with van der Waals surface area (Å²) in [7, 11) is 0. The summed E-state index contributed by atoms with van der Waals surface area (Å²) in [6.07, 6.45) is 12.0. The van der Waals surface area contributed by atoms with Gasteiger partial charge in [0.05, 0.1) is 0 Å². The normalized spacial score (nSPS) is 54.9. The Bertz CT molecular complexity index is 335. The first-order valence-corrected chi connectivity index (χ1v) is 8.19. The van der Waals surface area contributed by atoms with E-state index in [4.69, 9.17) is 0 Å². The van der Waals surface area contributed by atoms with Crippen molar-refractivity contribution in [1.29, 1.82) is 0 Å². The first-order valence-electron chi connectivity index (χ1n) is 8.19. The van der Waals surface area contributed by atoms with E-state index in [0.29, 0.717) is 23.0 Å². The quantitative estimate of drug-likeness (QED) is 0.677. The van der Waals surface area contributed by atoms with Gasteiger partial charge in [-0.1, -0.05) is 6.92 Å². The zero-order chi connectivity index (χ0) is 12.3. The molecule has 0 N–H and O–H groups in total. The molecule has 0 aromatic rings. The summed E-state index contributed by atoms with van der Waals surface area (Å²) < 4.78 is 0. The Balaban J connectivity index is 1.68. The van der Waals surface area contributed by atoms with E-state index < -0.39 is 0 Å². The number of hydrogen-bond acceptors (Lipinski definition) is 1. The molecule has 100 valence electrons. The van der Waals surface area contributed by atoms with Crippen LogP contribution < -0.4 is 0 Å². The maximum atomic E-state index is 12.5. The highest BCUT2D eigenvalue weighted by molar-refractivity contribution is 5.83. The van der Waals surface area contributed by atoms with Crippen molar-refractivity contribution in [1.82, 2.24) is 0 Å². The number of hydrogen-bond donors (Lipinski definition) is 0. The van der Waals surface area contributed by atoms with Gasteiger partial charge in [0.15, 0.2) is 0 Å². The molecule has 0 aromatic heterocycles. The Morgan fingerprint density at radius 3 is 2.06 bits per heavy atom. The molecular formula is C17H26O. The Morgan fingerprint density at radius 2 is 1.56 bits per heavy atom. The van der Waals surface area contributed by atoms with Crippen molar-refractivity contribution < 1.29 is 4.79 Å². The minimum Gasteiger partial charge on any atom is -0.299 e. The fourth-order valence-corrected chi connectivity index (χ4v) is 6.74. The van der Waals surface area contributed by atoms with E-state index >= 15 is 0 Å². The lowest BCUT2D eigenvalue weighted by molar-refractivity contribution is -0.147. The molecule has 1 nitrogen and oxygen atoms in total. The SMILES string of the molecule is C[C@@H]1CCCC(=O)[C@H]1C12CC3CC(CC(C3)C1)C2. The smallest absolute Gasteiger partial charge is 0.136 e. The van der Waals surface area contributed by atoms with Gasteiger partial charge >= 0.3 is 0 Å². The molecule has 5 aliphatic rings. The van der Waals surface area contributed by atoms with Crippen LogP contribution >= 0.6 is 0 Å². The minimum absolute atomic E-state index is 0.444. The molecule has 5 saturated carbocycles. The molecule has 5 aliphatic carbocycles. The second-order valence-corrected chi connectivity index (χ2v) is 8.09. The topological polar surface area (TPSA) is 17.1 Å². The third kappa shape index (κ3) is 1.55.